The summed E-state index contributed by atoms with van der Waals surface area (Å²) >= 11 is 0. The highest BCUT2D eigenvalue weighted by Gasteiger charge is 2.31. The molecule has 0 radical (unpaired) electrons. The van der Waals surface area contributed by atoms with Gasteiger partial charge < -0.3 is 25.0 Å². The molecule has 34 heavy (non-hydrogen) atoms. The molecular weight excluding hydrogens is 451 g/mol. The van der Waals surface area contributed by atoms with Crippen molar-refractivity contribution in [3.05, 3.63) is 47.9 Å². The number of amides is 1. The summed E-state index contributed by atoms with van der Waals surface area (Å²) in [6, 6.07) is 6.78. The topological polar surface area (TPSA) is 88.6 Å². The normalized spacial score (nSPS) is 21.9. The van der Waals surface area contributed by atoms with Crippen molar-refractivity contribution in [1.82, 2.24) is 20.2 Å². The number of alkyl halides is 3. The van der Waals surface area contributed by atoms with Crippen molar-refractivity contribution in [1.29, 1.82) is 0 Å². The van der Waals surface area contributed by atoms with Crippen LogP contribution in [0.15, 0.2) is 36.7 Å². The highest BCUT2D eigenvalue weighted by Crippen LogP contribution is 2.31. The lowest BCUT2D eigenvalue weighted by atomic mass is 9.99. The van der Waals surface area contributed by atoms with Crippen LogP contribution in [0.3, 0.4) is 0 Å². The predicted octanol–water partition coefficient (Wildman–Crippen LogP) is 3.24. The molecule has 0 spiro atoms. The largest absolute Gasteiger partial charge is 0.416 e. The second kappa shape index (κ2) is 10.7. The van der Waals surface area contributed by atoms with Crippen LogP contribution in [0.1, 0.15) is 35.3 Å². The van der Waals surface area contributed by atoms with Crippen LogP contribution in [0.25, 0.3) is 0 Å². The molecule has 11 heteroatoms. The summed E-state index contributed by atoms with van der Waals surface area (Å²) in [5.41, 5.74) is -0.349. The van der Waals surface area contributed by atoms with Gasteiger partial charge in [-0.3, -0.25) is 4.79 Å². The molecule has 2 aliphatic rings. The maximum atomic E-state index is 13.0. The van der Waals surface area contributed by atoms with Gasteiger partial charge in [0.05, 0.1) is 18.3 Å². The van der Waals surface area contributed by atoms with Crippen LogP contribution >= 0.6 is 0 Å². The van der Waals surface area contributed by atoms with E-state index in [9.17, 15) is 18.0 Å². The molecule has 2 saturated heterocycles. The third-order valence-corrected chi connectivity index (χ3v) is 6.19. The summed E-state index contributed by atoms with van der Waals surface area (Å²) in [7, 11) is 1.69. The minimum atomic E-state index is -4.44. The lowest BCUT2D eigenvalue weighted by Crippen LogP contribution is -2.54. The molecule has 0 saturated carbocycles. The Labute approximate surface area is 195 Å². The van der Waals surface area contributed by atoms with E-state index in [1.54, 1.807) is 12.0 Å². The molecular formula is C23H28F3N5O3. The number of hydrogen-bond acceptors (Lipinski definition) is 7. The van der Waals surface area contributed by atoms with Crippen molar-refractivity contribution in [2.75, 3.05) is 38.7 Å². The molecule has 184 valence electrons. The molecule has 1 amide bonds. The van der Waals surface area contributed by atoms with E-state index < -0.39 is 11.7 Å². The number of aromatic nitrogens is 2. The molecule has 2 atom stereocenters. The van der Waals surface area contributed by atoms with Crippen LogP contribution in [0.5, 0.6) is 0 Å². The highest BCUT2D eigenvalue weighted by atomic mass is 19.4. The van der Waals surface area contributed by atoms with Gasteiger partial charge in [-0.1, -0.05) is 6.07 Å². The van der Waals surface area contributed by atoms with E-state index >= 15 is 0 Å². The Balaban J connectivity index is 1.34. The highest BCUT2D eigenvalue weighted by molar-refractivity contribution is 5.93. The van der Waals surface area contributed by atoms with E-state index in [-0.39, 0.29) is 41.3 Å². The number of methoxy groups -OCH3 is 1. The number of carbonyl (C=O) groups is 1. The van der Waals surface area contributed by atoms with Crippen LogP contribution in [0.4, 0.5) is 24.7 Å². The molecule has 2 aromatic rings. The number of nitrogens with one attached hydrogen (secondary N) is 2. The number of halogens is 3. The fourth-order valence-corrected chi connectivity index (χ4v) is 4.31. The number of hydrogen-bond donors (Lipinski definition) is 2. The summed E-state index contributed by atoms with van der Waals surface area (Å²) in [6.45, 7) is 2.45. The number of ether oxygens (including phenoxy) is 2. The predicted molar refractivity (Wildman–Crippen MR) is 119 cm³/mol. The summed E-state index contributed by atoms with van der Waals surface area (Å²) in [5, 5.41) is 6.47. The average molecular weight is 480 g/mol. The number of carbonyl (C=O) groups excluding carboxylic acids is 1. The minimum Gasteiger partial charge on any atom is -0.379 e. The standard InChI is InChI=1S/C23H28F3N5O3/c1-33-20-13-34-10-7-18(20)29-16-5-8-31(9-6-16)22(32)19-12-21(28-14-27-19)30-17-4-2-3-15(11-17)23(24,25)26/h2-4,11-12,14,16,18,20,29H,5-10,13H2,1H3,(H,27,28,30). The van der Waals surface area contributed by atoms with E-state index in [4.69, 9.17) is 9.47 Å². The van der Waals surface area contributed by atoms with E-state index in [0.717, 1.165) is 31.4 Å². The van der Waals surface area contributed by atoms with Gasteiger partial charge in [0.1, 0.15) is 17.8 Å². The molecule has 1 aromatic carbocycles. The lowest BCUT2D eigenvalue weighted by Gasteiger charge is -2.38. The Morgan fingerprint density at radius 3 is 2.71 bits per heavy atom. The van der Waals surface area contributed by atoms with Gasteiger partial charge in [-0.2, -0.15) is 13.2 Å². The van der Waals surface area contributed by atoms with Crippen LogP contribution in [-0.2, 0) is 15.7 Å². The van der Waals surface area contributed by atoms with E-state index in [0.29, 0.717) is 26.3 Å². The molecule has 4 rings (SSSR count). The Hall–Kier alpha value is -2.76. The molecule has 0 aliphatic carbocycles. The maximum Gasteiger partial charge on any atom is 0.416 e. The van der Waals surface area contributed by atoms with Crippen molar-refractivity contribution >= 4 is 17.4 Å². The summed E-state index contributed by atoms with van der Waals surface area (Å²) in [4.78, 5) is 22.8. The fourth-order valence-electron chi connectivity index (χ4n) is 4.31. The monoisotopic (exact) mass is 479 g/mol. The first kappa shape index (κ1) is 24.4. The summed E-state index contributed by atoms with van der Waals surface area (Å²) < 4.78 is 49.9. The first-order chi connectivity index (χ1) is 16.3. The second-order valence-corrected chi connectivity index (χ2v) is 8.47. The number of piperidine rings is 1. The number of rotatable bonds is 6. The van der Waals surface area contributed by atoms with Gasteiger partial charge in [0.2, 0.25) is 0 Å². The third-order valence-electron chi connectivity index (χ3n) is 6.19. The van der Waals surface area contributed by atoms with Crippen molar-refractivity contribution in [2.24, 2.45) is 0 Å². The van der Waals surface area contributed by atoms with Gasteiger partial charge in [-0.25, -0.2) is 9.97 Å². The van der Waals surface area contributed by atoms with Gasteiger partial charge in [-0.05, 0) is 37.5 Å². The minimum absolute atomic E-state index is 0.0252. The van der Waals surface area contributed by atoms with Crippen LogP contribution < -0.4 is 10.6 Å². The fraction of sp³-hybridized carbons (Fsp3) is 0.522. The Bertz CT molecular complexity index is 982. The van der Waals surface area contributed by atoms with Crippen LogP contribution in [0, 0.1) is 0 Å². The smallest absolute Gasteiger partial charge is 0.379 e. The molecule has 3 heterocycles. The van der Waals surface area contributed by atoms with Gasteiger partial charge >= 0.3 is 6.18 Å². The molecule has 2 fully saturated rings. The van der Waals surface area contributed by atoms with Crippen molar-refractivity contribution in [3.63, 3.8) is 0 Å². The Kier molecular flexibility index (Phi) is 7.64. The molecule has 2 N–H and O–H groups in total. The van der Waals surface area contributed by atoms with Gasteiger partial charge in [0.15, 0.2) is 0 Å². The zero-order valence-electron chi connectivity index (χ0n) is 18.8. The Morgan fingerprint density at radius 1 is 1.18 bits per heavy atom. The molecule has 2 unspecified atom stereocenters. The van der Waals surface area contributed by atoms with Crippen molar-refractivity contribution in [2.45, 2.75) is 43.6 Å². The Morgan fingerprint density at radius 2 is 1.97 bits per heavy atom. The summed E-state index contributed by atoms with van der Waals surface area (Å²) in [5.74, 6) is 0.0214. The molecule has 8 nitrogen and oxygen atoms in total. The number of likely N-dealkylation sites (tertiary alicyclic amines) is 1. The zero-order chi connectivity index (χ0) is 24.1. The van der Waals surface area contributed by atoms with Crippen LogP contribution in [-0.4, -0.2) is 72.4 Å². The number of anilines is 2. The molecule has 1 aromatic heterocycles. The van der Waals surface area contributed by atoms with E-state index in [1.165, 1.54) is 24.5 Å². The van der Waals surface area contributed by atoms with Gasteiger partial charge in [0.25, 0.3) is 5.91 Å². The quantitative estimate of drug-likeness (QED) is 0.658. The third kappa shape index (κ3) is 6.02. The first-order valence-electron chi connectivity index (χ1n) is 11.3. The van der Waals surface area contributed by atoms with E-state index in [1.807, 2.05) is 0 Å². The maximum absolute atomic E-state index is 13.0. The first-order valence-corrected chi connectivity index (χ1v) is 11.3. The number of benzene rings is 1. The zero-order valence-corrected chi connectivity index (χ0v) is 18.8. The number of nitrogens with zero attached hydrogens (tertiary/aromatic N) is 3. The SMILES string of the molecule is COC1COCCC1NC1CCN(C(=O)c2cc(Nc3cccc(C(F)(F)F)c3)ncn2)CC1. The van der Waals surface area contributed by atoms with E-state index in [2.05, 4.69) is 20.6 Å². The average Bonchev–Trinajstić information content (AvgIpc) is 2.84. The molecule has 0 bridgehead atoms. The second-order valence-electron chi connectivity index (χ2n) is 8.47. The van der Waals surface area contributed by atoms with Crippen LogP contribution in [0.2, 0.25) is 0 Å². The molecule has 2 aliphatic heterocycles. The van der Waals surface area contributed by atoms with Crippen molar-refractivity contribution < 1.29 is 27.4 Å². The van der Waals surface area contributed by atoms with Crippen molar-refractivity contribution in [3.8, 4) is 0 Å². The summed E-state index contributed by atoms with van der Waals surface area (Å²) in [6.07, 6.45) is -0.689. The van der Waals surface area contributed by atoms with Gasteiger partial charge in [0, 0.05) is 50.6 Å². The van der Waals surface area contributed by atoms with Gasteiger partial charge in [-0.15, -0.1) is 0 Å². The lowest BCUT2D eigenvalue weighted by molar-refractivity contribution is -0.137.